The third-order valence-corrected chi connectivity index (χ3v) is 16.7. The number of rotatable bonds is 11. The number of hydrogen-bond acceptors (Lipinski definition) is 10. The first kappa shape index (κ1) is 40.4. The van der Waals surface area contributed by atoms with Crippen LogP contribution >= 0.6 is 29.7 Å². The first-order valence-corrected chi connectivity index (χ1v) is 22.9. The van der Waals surface area contributed by atoms with E-state index in [1.807, 2.05) is 18.7 Å². The van der Waals surface area contributed by atoms with Gasteiger partial charge in [-0.2, -0.15) is 0 Å². The van der Waals surface area contributed by atoms with Crippen molar-refractivity contribution in [1.82, 2.24) is 19.6 Å². The summed E-state index contributed by atoms with van der Waals surface area (Å²) in [6, 6.07) is 5.19. The Bertz CT molecular complexity index is 1280. The smallest absolute Gasteiger partial charge is 0.335 e. The second-order valence-electron chi connectivity index (χ2n) is 11.5. The van der Waals surface area contributed by atoms with Crippen LogP contribution in [0.4, 0.5) is 5.69 Å². The van der Waals surface area contributed by atoms with Crippen LogP contribution in [0.25, 0.3) is 0 Å². The van der Waals surface area contributed by atoms with Crippen molar-refractivity contribution in [3.8, 4) is 0 Å². The number of nitrogens with zero attached hydrogens (tertiary/aromatic N) is 5. The van der Waals surface area contributed by atoms with Crippen molar-refractivity contribution in [2.24, 2.45) is 0 Å². The van der Waals surface area contributed by atoms with E-state index in [-0.39, 0.29) is 24.4 Å². The molecule has 5 unspecified atom stereocenters. The van der Waals surface area contributed by atoms with E-state index in [0.29, 0.717) is 70.8 Å². The monoisotopic (exact) mass is 719 g/mol. The maximum atomic E-state index is 13.2. The van der Waals surface area contributed by atoms with E-state index in [2.05, 4.69) is 9.80 Å². The number of benzene rings is 1. The van der Waals surface area contributed by atoms with Crippen molar-refractivity contribution in [2.45, 2.75) is 32.9 Å². The van der Waals surface area contributed by atoms with Gasteiger partial charge < -0.3 is 34.3 Å². The third kappa shape index (κ3) is 16.2. The Morgan fingerprint density at radius 3 is 1.49 bits per heavy atom. The van der Waals surface area contributed by atoms with Gasteiger partial charge in [0, 0.05) is 51.4 Å². The van der Waals surface area contributed by atoms with Crippen LogP contribution in [0.3, 0.4) is 0 Å². The molecule has 45 heavy (non-hydrogen) atoms. The molecule has 3 rings (SSSR count). The van der Waals surface area contributed by atoms with Gasteiger partial charge in [0.05, 0.1) is 23.7 Å². The SMILES string of the molecule is CC.O=[N+]([O-])c1ccc(CP(=O)(O)CP(=O)(O)CN2CCCN3CCN(CCCN(CP(=O)(O)CP(=O)(O)O)CC3)CC2)cc1. The molecule has 0 saturated carbocycles. The average Bonchev–Trinajstić information content (AvgIpc) is 2.90. The van der Waals surface area contributed by atoms with Crippen molar-refractivity contribution in [1.29, 1.82) is 0 Å². The highest BCUT2D eigenvalue weighted by molar-refractivity contribution is 7.74. The molecule has 2 saturated heterocycles. The zero-order valence-corrected chi connectivity index (χ0v) is 29.6. The number of nitro benzene ring substituents is 1. The van der Waals surface area contributed by atoms with Crippen LogP contribution in [0.5, 0.6) is 0 Å². The normalized spacial score (nSPS) is 25.0. The van der Waals surface area contributed by atoms with Crippen LogP contribution in [0.2, 0.25) is 0 Å². The summed E-state index contributed by atoms with van der Waals surface area (Å²) < 4.78 is 49.9. The maximum absolute atomic E-state index is 13.2. The fourth-order valence-electron chi connectivity index (χ4n) is 5.47. The van der Waals surface area contributed by atoms with E-state index in [1.165, 1.54) is 24.3 Å². The molecule has 5 atom stereocenters. The molecule has 0 radical (unpaired) electrons. The zero-order chi connectivity index (χ0) is 33.9. The molecule has 2 aliphatic heterocycles. The van der Waals surface area contributed by atoms with E-state index < -0.39 is 46.4 Å². The van der Waals surface area contributed by atoms with Gasteiger partial charge in [0.15, 0.2) is 0 Å². The summed E-state index contributed by atoms with van der Waals surface area (Å²) in [7, 11) is -16.8. The highest BCUT2D eigenvalue weighted by Gasteiger charge is 2.34. The van der Waals surface area contributed by atoms with Gasteiger partial charge in [-0.1, -0.05) is 26.0 Å². The maximum Gasteiger partial charge on any atom is 0.335 e. The third-order valence-electron chi connectivity index (χ3n) is 7.36. The lowest BCUT2D eigenvalue weighted by Crippen LogP contribution is -2.47. The number of hydrogen-bond donors (Lipinski definition) is 5. The first-order chi connectivity index (χ1) is 20.9. The Labute approximate surface area is 265 Å². The summed E-state index contributed by atoms with van der Waals surface area (Å²) in [6.45, 7) is 9.92. The van der Waals surface area contributed by atoms with Crippen LogP contribution in [0, 0.1) is 10.1 Å². The van der Waals surface area contributed by atoms with Gasteiger partial charge in [0.1, 0.15) is 11.8 Å². The number of nitro groups is 1. The van der Waals surface area contributed by atoms with E-state index >= 15 is 0 Å². The molecular weight excluding hydrogens is 670 g/mol. The van der Waals surface area contributed by atoms with Crippen molar-refractivity contribution in [3.63, 3.8) is 0 Å². The van der Waals surface area contributed by atoms with Crippen LogP contribution in [-0.4, -0.2) is 139 Å². The average molecular weight is 720 g/mol. The lowest BCUT2D eigenvalue weighted by atomic mass is 10.2. The Morgan fingerprint density at radius 2 is 1.07 bits per heavy atom. The first-order valence-electron chi connectivity index (χ1n) is 15.0. The fraction of sp³-hybridized carbons (Fsp3) is 0.760. The molecule has 2 bridgehead atoms. The van der Waals surface area contributed by atoms with Gasteiger partial charge in [0.25, 0.3) is 5.69 Å². The lowest BCUT2D eigenvalue weighted by Gasteiger charge is -2.36. The lowest BCUT2D eigenvalue weighted by molar-refractivity contribution is -0.384. The summed E-state index contributed by atoms with van der Waals surface area (Å²) in [6.07, 6.45) is 0.441. The van der Waals surface area contributed by atoms with Crippen LogP contribution in [0.15, 0.2) is 24.3 Å². The summed E-state index contributed by atoms with van der Waals surface area (Å²) in [5.74, 6) is -1.80. The van der Waals surface area contributed by atoms with E-state index in [9.17, 15) is 52.8 Å². The predicted octanol–water partition coefficient (Wildman–Crippen LogP) is 2.96. The van der Waals surface area contributed by atoms with Crippen molar-refractivity contribution in [2.75, 3.05) is 89.8 Å². The molecule has 1 aromatic carbocycles. The van der Waals surface area contributed by atoms with Crippen LogP contribution in [0.1, 0.15) is 32.3 Å². The second kappa shape index (κ2) is 18.1. The standard InChI is InChI=1S/C23H43N5O11P4.C2H6/c29-28(30)23-5-3-22(4-6-23)17-40(31,32)20-41(33,34)18-26-9-1-7-25-12-11-24(13-15-26)8-2-10-27(16-14-25)19-42(35,36)21-43(37,38)39;1-2/h3-6H,1-2,7-21H2,(H,31,32)(H,33,34)(H,35,36)(H2,37,38,39);1-2H3. The molecule has 0 aromatic heterocycles. The Kier molecular flexibility index (Phi) is 16.2. The minimum Gasteiger partial charge on any atom is -0.344 e. The molecule has 0 aliphatic carbocycles. The van der Waals surface area contributed by atoms with Crippen LogP contribution < -0.4 is 0 Å². The molecule has 16 nitrogen and oxygen atoms in total. The molecule has 0 amide bonds. The van der Waals surface area contributed by atoms with Gasteiger partial charge in [-0.3, -0.25) is 38.2 Å². The largest absolute Gasteiger partial charge is 0.344 e. The van der Waals surface area contributed by atoms with Gasteiger partial charge in [-0.15, -0.1) is 0 Å². The Hall–Kier alpha value is -0.820. The molecule has 5 N–H and O–H groups in total. The molecule has 20 heteroatoms. The van der Waals surface area contributed by atoms with Gasteiger partial charge in [0.2, 0.25) is 22.1 Å². The molecule has 0 spiro atoms. The molecule has 2 fully saturated rings. The van der Waals surface area contributed by atoms with E-state index in [1.54, 1.807) is 4.90 Å². The topological polar surface area (TPSA) is 226 Å². The predicted molar refractivity (Wildman–Crippen MR) is 174 cm³/mol. The molecule has 260 valence electrons. The van der Waals surface area contributed by atoms with E-state index in [4.69, 9.17) is 0 Å². The van der Waals surface area contributed by atoms with Crippen molar-refractivity contribution in [3.05, 3.63) is 39.9 Å². The minimum absolute atomic E-state index is 0.154. The molecule has 2 heterocycles. The number of fused-ring (bicyclic) bond motifs is 3. The fourth-order valence-corrected chi connectivity index (χ4v) is 14.2. The Balaban J connectivity index is 0.00000345. The zero-order valence-electron chi connectivity index (χ0n) is 26.0. The highest BCUT2D eigenvalue weighted by Crippen LogP contribution is 2.59. The second-order valence-corrected chi connectivity index (χ2v) is 21.0. The van der Waals surface area contributed by atoms with E-state index in [0.717, 1.165) is 13.1 Å². The van der Waals surface area contributed by atoms with Crippen molar-refractivity contribution >= 4 is 35.4 Å². The molecular formula is C25H49N5O11P4. The van der Waals surface area contributed by atoms with Crippen molar-refractivity contribution < 1.29 is 47.7 Å². The Morgan fingerprint density at radius 1 is 0.644 bits per heavy atom. The quantitative estimate of drug-likeness (QED) is 0.126. The molecule has 2 aliphatic rings. The van der Waals surface area contributed by atoms with Gasteiger partial charge in [-0.25, -0.2) is 0 Å². The van der Waals surface area contributed by atoms with Crippen LogP contribution in [-0.2, 0) is 24.4 Å². The highest BCUT2D eigenvalue weighted by atomic mass is 31.2. The minimum atomic E-state index is -4.63. The molecule has 1 aromatic rings. The summed E-state index contributed by atoms with van der Waals surface area (Å²) >= 11 is 0. The summed E-state index contributed by atoms with van der Waals surface area (Å²) in [5.41, 5.74) is 0.216. The van der Waals surface area contributed by atoms with Gasteiger partial charge >= 0.3 is 7.60 Å². The summed E-state index contributed by atoms with van der Waals surface area (Å²) in [5, 5.41) is 10.8. The van der Waals surface area contributed by atoms with Gasteiger partial charge in [-0.05, 0) is 44.6 Å². The number of non-ortho nitro benzene ring substituents is 1. The summed E-state index contributed by atoms with van der Waals surface area (Å²) in [4.78, 5) is 68.2.